The average molecular weight is 394 g/mol. The minimum Gasteiger partial charge on any atom is -0.445 e. The summed E-state index contributed by atoms with van der Waals surface area (Å²) in [5.41, 5.74) is 3.30. The zero-order valence-electron chi connectivity index (χ0n) is 16.6. The van der Waals surface area contributed by atoms with Gasteiger partial charge in [0.1, 0.15) is 12.3 Å². The molecule has 1 aromatic heterocycles. The number of aliphatic hydroxyl groups is 1. The van der Waals surface area contributed by atoms with Gasteiger partial charge in [0.2, 0.25) is 0 Å². The van der Waals surface area contributed by atoms with Crippen LogP contribution in [0, 0.1) is 5.92 Å². The monoisotopic (exact) mass is 394 g/mol. The molecule has 1 aliphatic heterocycles. The van der Waals surface area contributed by atoms with Gasteiger partial charge >= 0.3 is 6.09 Å². The number of aliphatic hydroxyl groups excluding tert-OH is 1. The molecule has 152 valence electrons. The topological polar surface area (TPSA) is 80.5 Å². The van der Waals surface area contributed by atoms with Gasteiger partial charge in [-0.2, -0.15) is 0 Å². The molecule has 0 spiro atoms. The second kappa shape index (κ2) is 8.61. The molecule has 2 aromatic rings. The third-order valence-electron chi connectivity index (χ3n) is 5.57. The Hall–Kier alpha value is -2.93. The Bertz CT molecular complexity index is 919. The van der Waals surface area contributed by atoms with Crippen molar-refractivity contribution in [3.8, 4) is 11.3 Å². The number of nitrogens with zero attached hydrogens (tertiary/aromatic N) is 4. The fraction of sp³-hybridized carbons (Fsp3) is 0.409. The highest BCUT2D eigenvalue weighted by Gasteiger charge is 2.36. The number of ether oxygens (including phenoxy) is 1. The molecule has 2 aliphatic rings. The minimum atomic E-state index is -0.312. The lowest BCUT2D eigenvalue weighted by atomic mass is 10.1. The van der Waals surface area contributed by atoms with Gasteiger partial charge < -0.3 is 14.7 Å². The van der Waals surface area contributed by atoms with E-state index < -0.39 is 0 Å². The summed E-state index contributed by atoms with van der Waals surface area (Å²) >= 11 is 0. The highest BCUT2D eigenvalue weighted by molar-refractivity contribution is 5.68. The summed E-state index contributed by atoms with van der Waals surface area (Å²) in [5, 5.41) is 18.6. The molecule has 0 saturated carbocycles. The first-order valence-corrected chi connectivity index (χ1v) is 10.0. The van der Waals surface area contributed by atoms with Gasteiger partial charge in [0, 0.05) is 18.7 Å². The van der Waals surface area contributed by atoms with Crippen LogP contribution in [0.5, 0.6) is 0 Å². The predicted octanol–water partition coefficient (Wildman–Crippen LogP) is 3.34. The molecule has 1 fully saturated rings. The number of benzene rings is 1. The van der Waals surface area contributed by atoms with Gasteiger partial charge in [0.15, 0.2) is 0 Å². The van der Waals surface area contributed by atoms with Crippen molar-refractivity contribution in [2.45, 2.75) is 32.4 Å². The summed E-state index contributed by atoms with van der Waals surface area (Å²) in [5.74, 6) is 0.173. The van der Waals surface area contributed by atoms with Crippen molar-refractivity contribution in [1.29, 1.82) is 0 Å². The molecule has 1 N–H and O–H groups in total. The van der Waals surface area contributed by atoms with Gasteiger partial charge in [-0.15, -0.1) is 5.10 Å². The molecule has 2 heterocycles. The molecule has 7 nitrogen and oxygen atoms in total. The number of amides is 1. The first kappa shape index (κ1) is 19.4. The van der Waals surface area contributed by atoms with E-state index in [0.29, 0.717) is 31.1 Å². The Morgan fingerprint density at radius 3 is 2.79 bits per heavy atom. The SMILES string of the molecule is CC1CN(C(=O)OCC2=CCCC=C2)C[C@H]1n1nnc(-c2ccccc2)c1CO. The van der Waals surface area contributed by atoms with Crippen LogP contribution >= 0.6 is 0 Å². The Morgan fingerprint density at radius 1 is 1.24 bits per heavy atom. The summed E-state index contributed by atoms with van der Waals surface area (Å²) in [6.07, 6.45) is 7.94. The number of hydrogen-bond donors (Lipinski definition) is 1. The number of allylic oxidation sites excluding steroid dienone is 2. The highest BCUT2D eigenvalue weighted by atomic mass is 16.6. The van der Waals surface area contributed by atoms with Crippen LogP contribution in [-0.4, -0.2) is 50.8 Å². The van der Waals surface area contributed by atoms with Crippen molar-refractivity contribution in [2.24, 2.45) is 5.92 Å². The van der Waals surface area contributed by atoms with Gasteiger partial charge in [0.25, 0.3) is 0 Å². The van der Waals surface area contributed by atoms with Crippen LogP contribution in [-0.2, 0) is 11.3 Å². The lowest BCUT2D eigenvalue weighted by Crippen LogP contribution is -2.30. The summed E-state index contributed by atoms with van der Waals surface area (Å²) < 4.78 is 7.27. The van der Waals surface area contributed by atoms with E-state index in [2.05, 4.69) is 29.4 Å². The zero-order chi connectivity index (χ0) is 20.2. The molecule has 1 aromatic carbocycles. The van der Waals surface area contributed by atoms with E-state index in [9.17, 15) is 9.90 Å². The maximum Gasteiger partial charge on any atom is 0.410 e. The van der Waals surface area contributed by atoms with E-state index in [1.807, 2.05) is 36.4 Å². The molecule has 1 amide bonds. The molecule has 1 aliphatic carbocycles. The fourth-order valence-electron chi connectivity index (χ4n) is 3.98. The number of likely N-dealkylation sites (tertiary alicyclic amines) is 1. The van der Waals surface area contributed by atoms with Gasteiger partial charge in [-0.05, 0) is 24.3 Å². The van der Waals surface area contributed by atoms with Gasteiger partial charge in [-0.1, -0.05) is 60.7 Å². The van der Waals surface area contributed by atoms with Crippen LogP contribution in [0.2, 0.25) is 0 Å². The molecule has 29 heavy (non-hydrogen) atoms. The van der Waals surface area contributed by atoms with Crippen molar-refractivity contribution < 1.29 is 14.6 Å². The van der Waals surface area contributed by atoms with Crippen molar-refractivity contribution in [2.75, 3.05) is 19.7 Å². The highest BCUT2D eigenvalue weighted by Crippen LogP contribution is 2.31. The first-order valence-electron chi connectivity index (χ1n) is 10.0. The van der Waals surface area contributed by atoms with Gasteiger partial charge in [-0.25, -0.2) is 9.48 Å². The number of aromatic nitrogens is 3. The molecular weight excluding hydrogens is 368 g/mol. The number of hydrogen-bond acceptors (Lipinski definition) is 5. The number of carbonyl (C=O) groups excluding carboxylic acids is 1. The van der Waals surface area contributed by atoms with Crippen LogP contribution in [0.4, 0.5) is 4.79 Å². The van der Waals surface area contributed by atoms with Crippen LogP contribution in [0.15, 0.2) is 54.1 Å². The first-order chi connectivity index (χ1) is 14.2. The predicted molar refractivity (Wildman–Crippen MR) is 109 cm³/mol. The second-order valence-electron chi connectivity index (χ2n) is 7.62. The van der Waals surface area contributed by atoms with Crippen molar-refractivity contribution in [3.63, 3.8) is 0 Å². The largest absolute Gasteiger partial charge is 0.445 e. The second-order valence-corrected chi connectivity index (χ2v) is 7.62. The average Bonchev–Trinajstić information content (AvgIpc) is 3.36. The maximum absolute atomic E-state index is 12.5. The van der Waals surface area contributed by atoms with E-state index in [1.165, 1.54) is 0 Å². The van der Waals surface area contributed by atoms with E-state index in [4.69, 9.17) is 4.74 Å². The molecule has 0 bridgehead atoms. The number of rotatable bonds is 5. The van der Waals surface area contributed by atoms with Gasteiger partial charge in [-0.3, -0.25) is 0 Å². The quantitative estimate of drug-likeness (QED) is 0.841. The molecule has 2 atom stereocenters. The third-order valence-corrected chi connectivity index (χ3v) is 5.57. The summed E-state index contributed by atoms with van der Waals surface area (Å²) in [6.45, 7) is 3.29. The van der Waals surface area contributed by atoms with Gasteiger partial charge in [0.05, 0.1) is 18.3 Å². The normalized spacial score (nSPS) is 21.3. The summed E-state index contributed by atoms with van der Waals surface area (Å²) in [7, 11) is 0. The summed E-state index contributed by atoms with van der Waals surface area (Å²) in [4.78, 5) is 14.3. The lowest BCUT2D eigenvalue weighted by Gasteiger charge is -2.18. The molecule has 4 rings (SSSR count). The van der Waals surface area contributed by atoms with E-state index in [0.717, 1.165) is 24.0 Å². The molecular formula is C22H26N4O3. The summed E-state index contributed by atoms with van der Waals surface area (Å²) in [6, 6.07) is 9.65. The molecule has 1 unspecified atom stereocenters. The van der Waals surface area contributed by atoms with E-state index in [-0.39, 0.29) is 24.7 Å². The van der Waals surface area contributed by atoms with Crippen LogP contribution in [0.3, 0.4) is 0 Å². The third kappa shape index (κ3) is 4.10. The fourth-order valence-corrected chi connectivity index (χ4v) is 3.98. The van der Waals surface area contributed by atoms with Crippen LogP contribution < -0.4 is 0 Å². The van der Waals surface area contributed by atoms with E-state index >= 15 is 0 Å². The smallest absolute Gasteiger partial charge is 0.410 e. The Kier molecular flexibility index (Phi) is 5.76. The Morgan fingerprint density at radius 2 is 2.07 bits per heavy atom. The van der Waals surface area contributed by atoms with Crippen molar-refractivity contribution in [3.05, 3.63) is 59.8 Å². The zero-order valence-corrected chi connectivity index (χ0v) is 16.6. The lowest BCUT2D eigenvalue weighted by molar-refractivity contribution is 0.117. The van der Waals surface area contributed by atoms with Crippen molar-refractivity contribution >= 4 is 6.09 Å². The Balaban J connectivity index is 1.46. The Labute approximate surface area is 170 Å². The number of carbonyl (C=O) groups is 1. The van der Waals surface area contributed by atoms with Crippen LogP contribution in [0.1, 0.15) is 31.5 Å². The van der Waals surface area contributed by atoms with E-state index in [1.54, 1.807) is 9.58 Å². The maximum atomic E-state index is 12.5. The molecule has 1 saturated heterocycles. The standard InChI is InChI=1S/C22H26N4O3/c1-16-12-25(22(28)29-15-17-8-4-2-5-9-17)13-19(16)26-20(14-27)21(23-24-26)18-10-6-3-7-11-18/h3-4,6-11,16,19,27H,2,5,12-15H2,1H3/t16?,19-/m1/s1. The van der Waals surface area contributed by atoms with Crippen LogP contribution in [0.25, 0.3) is 11.3 Å². The molecule has 7 heteroatoms. The minimum absolute atomic E-state index is 0.0524. The van der Waals surface area contributed by atoms with Crippen molar-refractivity contribution in [1.82, 2.24) is 19.9 Å². The molecule has 0 radical (unpaired) electrons.